The average Bonchev–Trinajstić information content (AvgIpc) is 2.27. The second kappa shape index (κ2) is 5.22. The minimum Gasteiger partial charge on any atom is -0.389 e. The third kappa shape index (κ3) is 3.07. The van der Waals surface area contributed by atoms with Crippen LogP contribution in [-0.4, -0.2) is 18.2 Å². The van der Waals surface area contributed by atoms with Crippen LogP contribution in [0.5, 0.6) is 0 Å². The highest BCUT2D eigenvalue weighted by Gasteiger charge is 2.27. The zero-order chi connectivity index (χ0) is 13.3. The molecule has 1 aromatic rings. The van der Waals surface area contributed by atoms with Crippen molar-refractivity contribution in [1.29, 1.82) is 0 Å². The predicted molar refractivity (Wildman–Crippen MR) is 80.0 cm³/mol. The van der Waals surface area contributed by atoms with E-state index >= 15 is 0 Å². The SMILES string of the molecule is CC(O)c1ccc(N2CCCC(C)(C)C2)c(Br)c1. The van der Waals surface area contributed by atoms with Crippen molar-refractivity contribution in [2.75, 3.05) is 18.0 Å². The van der Waals surface area contributed by atoms with E-state index in [4.69, 9.17) is 0 Å². The van der Waals surface area contributed by atoms with Crippen molar-refractivity contribution in [3.05, 3.63) is 28.2 Å². The summed E-state index contributed by atoms with van der Waals surface area (Å²) in [5, 5.41) is 9.60. The van der Waals surface area contributed by atoms with Crippen molar-refractivity contribution >= 4 is 21.6 Å². The standard InChI is InChI=1S/C15H22BrNO/c1-11(18)12-5-6-14(13(16)9-12)17-8-4-7-15(2,3)10-17/h5-6,9,11,18H,4,7-8,10H2,1-3H3. The Balaban J connectivity index is 2.23. The van der Waals surface area contributed by atoms with Crippen LogP contribution in [0.15, 0.2) is 22.7 Å². The number of aliphatic hydroxyl groups excluding tert-OH is 1. The molecule has 1 aliphatic rings. The van der Waals surface area contributed by atoms with Gasteiger partial charge in [0.2, 0.25) is 0 Å². The van der Waals surface area contributed by atoms with E-state index in [-0.39, 0.29) is 0 Å². The van der Waals surface area contributed by atoms with E-state index in [1.165, 1.54) is 18.5 Å². The molecule has 0 amide bonds. The fourth-order valence-corrected chi connectivity index (χ4v) is 3.32. The van der Waals surface area contributed by atoms with Crippen molar-refractivity contribution in [2.45, 2.75) is 39.7 Å². The fraction of sp³-hybridized carbons (Fsp3) is 0.600. The van der Waals surface area contributed by atoms with Crippen LogP contribution in [0.4, 0.5) is 5.69 Å². The first-order valence-electron chi connectivity index (χ1n) is 6.61. The lowest BCUT2D eigenvalue weighted by molar-refractivity contribution is 0.199. The van der Waals surface area contributed by atoms with Gasteiger partial charge in [0.05, 0.1) is 11.8 Å². The molecule has 0 aromatic heterocycles. The van der Waals surface area contributed by atoms with Gasteiger partial charge in [0, 0.05) is 17.6 Å². The highest BCUT2D eigenvalue weighted by Crippen LogP contribution is 2.35. The number of aliphatic hydroxyl groups is 1. The summed E-state index contributed by atoms with van der Waals surface area (Å²) >= 11 is 3.64. The maximum Gasteiger partial charge on any atom is 0.0762 e. The summed E-state index contributed by atoms with van der Waals surface area (Å²) in [5.41, 5.74) is 2.59. The topological polar surface area (TPSA) is 23.5 Å². The van der Waals surface area contributed by atoms with Gasteiger partial charge in [0.25, 0.3) is 0 Å². The van der Waals surface area contributed by atoms with Gasteiger partial charge in [0.1, 0.15) is 0 Å². The molecule has 1 saturated heterocycles. The lowest BCUT2D eigenvalue weighted by Gasteiger charge is -2.40. The lowest BCUT2D eigenvalue weighted by Crippen LogP contribution is -2.40. The second-order valence-corrected chi connectivity index (χ2v) is 6.93. The van der Waals surface area contributed by atoms with E-state index in [2.05, 4.69) is 40.7 Å². The molecule has 1 aromatic carbocycles. The van der Waals surface area contributed by atoms with Gasteiger partial charge in [-0.25, -0.2) is 0 Å². The normalized spacial score (nSPS) is 20.8. The Morgan fingerprint density at radius 1 is 1.39 bits per heavy atom. The van der Waals surface area contributed by atoms with Gasteiger partial charge in [-0.1, -0.05) is 19.9 Å². The first-order valence-corrected chi connectivity index (χ1v) is 7.41. The first kappa shape index (κ1) is 13.9. The molecule has 100 valence electrons. The molecule has 1 unspecified atom stereocenters. The third-order valence-corrected chi connectivity index (χ3v) is 4.33. The van der Waals surface area contributed by atoms with Crippen LogP contribution in [0.1, 0.15) is 45.3 Å². The monoisotopic (exact) mass is 311 g/mol. The number of benzene rings is 1. The van der Waals surface area contributed by atoms with Crippen molar-refractivity contribution in [3.8, 4) is 0 Å². The zero-order valence-corrected chi connectivity index (χ0v) is 13.0. The molecule has 0 saturated carbocycles. The summed E-state index contributed by atoms with van der Waals surface area (Å²) in [4.78, 5) is 2.44. The summed E-state index contributed by atoms with van der Waals surface area (Å²) in [6.07, 6.45) is 2.14. The number of nitrogens with zero attached hydrogens (tertiary/aromatic N) is 1. The number of hydrogen-bond donors (Lipinski definition) is 1. The summed E-state index contributed by atoms with van der Waals surface area (Å²) in [5.74, 6) is 0. The highest BCUT2D eigenvalue weighted by molar-refractivity contribution is 9.10. The van der Waals surface area contributed by atoms with Crippen molar-refractivity contribution in [2.24, 2.45) is 5.41 Å². The number of hydrogen-bond acceptors (Lipinski definition) is 2. The zero-order valence-electron chi connectivity index (χ0n) is 11.4. The average molecular weight is 312 g/mol. The minimum absolute atomic E-state index is 0.390. The van der Waals surface area contributed by atoms with E-state index in [9.17, 15) is 5.11 Å². The van der Waals surface area contributed by atoms with Crippen LogP contribution >= 0.6 is 15.9 Å². The van der Waals surface area contributed by atoms with E-state index in [1.807, 2.05) is 12.1 Å². The van der Waals surface area contributed by atoms with Crippen LogP contribution in [0.25, 0.3) is 0 Å². The molecule has 0 spiro atoms. The van der Waals surface area contributed by atoms with Crippen molar-refractivity contribution < 1.29 is 5.11 Å². The smallest absolute Gasteiger partial charge is 0.0762 e. The van der Waals surface area contributed by atoms with Crippen molar-refractivity contribution in [1.82, 2.24) is 0 Å². The summed E-state index contributed by atoms with van der Waals surface area (Å²) in [7, 11) is 0. The van der Waals surface area contributed by atoms with Crippen LogP contribution in [0.2, 0.25) is 0 Å². The summed E-state index contributed by atoms with van der Waals surface area (Å²) < 4.78 is 1.08. The molecule has 0 bridgehead atoms. The lowest BCUT2D eigenvalue weighted by atomic mass is 9.84. The minimum atomic E-state index is -0.409. The Bertz CT molecular complexity index is 429. The van der Waals surface area contributed by atoms with Crippen LogP contribution in [0, 0.1) is 5.41 Å². The maximum absolute atomic E-state index is 9.60. The second-order valence-electron chi connectivity index (χ2n) is 6.08. The maximum atomic E-state index is 9.60. The molecule has 0 aliphatic carbocycles. The molecular formula is C15H22BrNO. The predicted octanol–water partition coefficient (Wildman–Crippen LogP) is 4.13. The number of rotatable bonds is 2. The van der Waals surface area contributed by atoms with Gasteiger partial charge < -0.3 is 10.0 Å². The van der Waals surface area contributed by atoms with Gasteiger partial charge in [-0.2, -0.15) is 0 Å². The Kier molecular flexibility index (Phi) is 4.02. The van der Waals surface area contributed by atoms with Gasteiger partial charge in [-0.05, 0) is 58.8 Å². The molecule has 1 heterocycles. The van der Waals surface area contributed by atoms with Gasteiger partial charge in [-0.3, -0.25) is 0 Å². The Morgan fingerprint density at radius 3 is 2.67 bits per heavy atom. The van der Waals surface area contributed by atoms with E-state index in [0.29, 0.717) is 5.41 Å². The molecule has 1 fully saturated rings. The Morgan fingerprint density at radius 2 is 2.11 bits per heavy atom. The summed E-state index contributed by atoms with van der Waals surface area (Å²) in [6.45, 7) is 8.68. The van der Waals surface area contributed by atoms with Gasteiger partial charge in [0.15, 0.2) is 0 Å². The molecule has 1 aliphatic heterocycles. The van der Waals surface area contributed by atoms with Crippen molar-refractivity contribution in [3.63, 3.8) is 0 Å². The van der Waals surface area contributed by atoms with Crippen LogP contribution in [-0.2, 0) is 0 Å². The Labute approximate surface area is 118 Å². The molecule has 0 radical (unpaired) electrons. The van der Waals surface area contributed by atoms with E-state index in [1.54, 1.807) is 6.92 Å². The van der Waals surface area contributed by atoms with Crippen LogP contribution < -0.4 is 4.90 Å². The quantitative estimate of drug-likeness (QED) is 0.887. The highest BCUT2D eigenvalue weighted by atomic mass is 79.9. The van der Waals surface area contributed by atoms with E-state index < -0.39 is 6.10 Å². The molecule has 2 rings (SSSR count). The van der Waals surface area contributed by atoms with E-state index in [0.717, 1.165) is 23.1 Å². The molecule has 3 heteroatoms. The number of halogens is 1. The molecule has 18 heavy (non-hydrogen) atoms. The van der Waals surface area contributed by atoms with Crippen LogP contribution in [0.3, 0.4) is 0 Å². The summed E-state index contributed by atoms with van der Waals surface area (Å²) in [6, 6.07) is 6.17. The third-order valence-electron chi connectivity index (χ3n) is 3.70. The number of anilines is 1. The first-order chi connectivity index (χ1) is 8.39. The largest absolute Gasteiger partial charge is 0.389 e. The molecule has 1 N–H and O–H groups in total. The Hall–Kier alpha value is -0.540. The number of piperidine rings is 1. The van der Waals surface area contributed by atoms with Gasteiger partial charge >= 0.3 is 0 Å². The molecular weight excluding hydrogens is 290 g/mol. The molecule has 1 atom stereocenters. The fourth-order valence-electron chi connectivity index (χ4n) is 2.67. The van der Waals surface area contributed by atoms with Gasteiger partial charge in [-0.15, -0.1) is 0 Å². The molecule has 2 nitrogen and oxygen atoms in total.